The highest BCUT2D eigenvalue weighted by atomic mass is 16.5. The van der Waals surface area contributed by atoms with Gasteiger partial charge in [-0.15, -0.1) is 0 Å². The number of hydrogen-bond donors (Lipinski definition) is 0. The minimum Gasteiger partial charge on any atom is -0.467 e. The van der Waals surface area contributed by atoms with E-state index in [1.807, 2.05) is 4.90 Å². The molecule has 8 heteroatoms. The molecule has 0 atom stereocenters. The molecule has 0 saturated heterocycles. The molecule has 0 N–H and O–H groups in total. The molecule has 22 heavy (non-hydrogen) atoms. The molecule has 0 aliphatic rings. The SMILES string of the molecule is COCCCCOC(=O)CCN(CCOC=O)CCOC=O. The minimum atomic E-state index is -0.282. The van der Waals surface area contributed by atoms with E-state index in [1.165, 1.54) is 0 Å². The summed E-state index contributed by atoms with van der Waals surface area (Å²) in [5.74, 6) is -0.282. The molecule has 8 nitrogen and oxygen atoms in total. The monoisotopic (exact) mass is 319 g/mol. The maximum atomic E-state index is 11.6. The van der Waals surface area contributed by atoms with Crippen LogP contribution in [0.1, 0.15) is 19.3 Å². The molecular formula is C14H25NO7. The van der Waals surface area contributed by atoms with Crippen LogP contribution in [0.3, 0.4) is 0 Å². The van der Waals surface area contributed by atoms with E-state index in [9.17, 15) is 14.4 Å². The average Bonchev–Trinajstić information content (AvgIpc) is 2.52. The van der Waals surface area contributed by atoms with Crippen LogP contribution in [0.2, 0.25) is 0 Å². The van der Waals surface area contributed by atoms with Crippen molar-refractivity contribution in [3.63, 3.8) is 0 Å². The Balaban J connectivity index is 3.83. The molecule has 0 bridgehead atoms. The number of methoxy groups -OCH3 is 1. The largest absolute Gasteiger partial charge is 0.467 e. The van der Waals surface area contributed by atoms with Crippen LogP contribution >= 0.6 is 0 Å². The van der Waals surface area contributed by atoms with Gasteiger partial charge in [0, 0.05) is 33.4 Å². The van der Waals surface area contributed by atoms with Crippen molar-refractivity contribution in [2.75, 3.05) is 53.2 Å². The lowest BCUT2D eigenvalue weighted by molar-refractivity contribution is -0.144. The van der Waals surface area contributed by atoms with Gasteiger partial charge in [-0.2, -0.15) is 0 Å². The number of carbonyl (C=O) groups excluding carboxylic acids is 3. The highest BCUT2D eigenvalue weighted by Gasteiger charge is 2.09. The Hall–Kier alpha value is -1.67. The molecule has 0 fully saturated rings. The van der Waals surface area contributed by atoms with Gasteiger partial charge in [0.15, 0.2) is 0 Å². The smallest absolute Gasteiger partial charge is 0.307 e. The van der Waals surface area contributed by atoms with Crippen LogP contribution in [0.15, 0.2) is 0 Å². The van der Waals surface area contributed by atoms with E-state index in [0.717, 1.165) is 12.8 Å². The number of carbonyl (C=O) groups is 3. The van der Waals surface area contributed by atoms with E-state index in [1.54, 1.807) is 7.11 Å². The van der Waals surface area contributed by atoms with Gasteiger partial charge >= 0.3 is 5.97 Å². The Bertz CT molecular complexity index is 285. The molecule has 0 aliphatic carbocycles. The molecule has 0 aromatic rings. The number of rotatable bonds is 16. The summed E-state index contributed by atoms with van der Waals surface area (Å²) in [5, 5.41) is 0. The van der Waals surface area contributed by atoms with E-state index in [0.29, 0.717) is 45.8 Å². The molecule has 0 aliphatic heterocycles. The van der Waals surface area contributed by atoms with Crippen molar-refractivity contribution in [3.05, 3.63) is 0 Å². The molecule has 0 radical (unpaired) electrons. The van der Waals surface area contributed by atoms with Crippen molar-refractivity contribution in [1.29, 1.82) is 0 Å². The molecule has 0 aromatic heterocycles. The van der Waals surface area contributed by atoms with E-state index in [2.05, 4.69) is 9.47 Å². The van der Waals surface area contributed by atoms with Crippen LogP contribution in [-0.4, -0.2) is 77.0 Å². The number of unbranched alkanes of at least 4 members (excludes halogenated alkanes) is 1. The second-order valence-electron chi connectivity index (χ2n) is 4.45. The maximum Gasteiger partial charge on any atom is 0.307 e. The van der Waals surface area contributed by atoms with Gasteiger partial charge in [-0.3, -0.25) is 19.3 Å². The topological polar surface area (TPSA) is 91.4 Å². The Morgan fingerprint density at radius 1 is 0.909 bits per heavy atom. The molecular weight excluding hydrogens is 294 g/mol. The second kappa shape index (κ2) is 15.7. The Morgan fingerprint density at radius 3 is 2.05 bits per heavy atom. The van der Waals surface area contributed by atoms with E-state index in [4.69, 9.17) is 9.47 Å². The Morgan fingerprint density at radius 2 is 1.50 bits per heavy atom. The van der Waals surface area contributed by atoms with Crippen LogP contribution in [-0.2, 0) is 33.3 Å². The summed E-state index contributed by atoms with van der Waals surface area (Å²) >= 11 is 0. The van der Waals surface area contributed by atoms with Crippen molar-refractivity contribution < 1.29 is 33.3 Å². The Kier molecular flexibility index (Phi) is 14.5. The zero-order chi connectivity index (χ0) is 16.5. The van der Waals surface area contributed by atoms with Crippen molar-refractivity contribution >= 4 is 18.9 Å². The van der Waals surface area contributed by atoms with Crippen LogP contribution in [0.25, 0.3) is 0 Å². The number of esters is 1. The van der Waals surface area contributed by atoms with E-state index >= 15 is 0 Å². The van der Waals surface area contributed by atoms with Gasteiger partial charge in [-0.1, -0.05) is 0 Å². The molecule has 0 saturated carbocycles. The van der Waals surface area contributed by atoms with Crippen LogP contribution < -0.4 is 0 Å². The minimum absolute atomic E-state index is 0.219. The lowest BCUT2D eigenvalue weighted by Crippen LogP contribution is -2.33. The van der Waals surface area contributed by atoms with Gasteiger partial charge in [-0.05, 0) is 12.8 Å². The predicted octanol–water partition coefficient (Wildman–Crippen LogP) is -0.00570. The lowest BCUT2D eigenvalue weighted by atomic mass is 10.3. The van der Waals surface area contributed by atoms with E-state index < -0.39 is 0 Å². The van der Waals surface area contributed by atoms with Crippen LogP contribution in [0, 0.1) is 0 Å². The summed E-state index contributed by atoms with van der Waals surface area (Å²) in [6.45, 7) is 3.57. The van der Waals surface area contributed by atoms with Crippen molar-refractivity contribution in [3.8, 4) is 0 Å². The van der Waals surface area contributed by atoms with Crippen molar-refractivity contribution in [2.24, 2.45) is 0 Å². The Labute approximate surface area is 130 Å². The first-order valence-electron chi connectivity index (χ1n) is 7.22. The third kappa shape index (κ3) is 13.3. The zero-order valence-electron chi connectivity index (χ0n) is 13.0. The third-order valence-electron chi connectivity index (χ3n) is 2.82. The molecule has 0 rings (SSSR count). The molecule has 128 valence electrons. The summed E-state index contributed by atoms with van der Waals surface area (Å²) in [6, 6.07) is 0. The molecule has 0 aromatic carbocycles. The van der Waals surface area contributed by atoms with Gasteiger partial charge in [0.2, 0.25) is 0 Å². The quantitative estimate of drug-likeness (QED) is 0.170. The zero-order valence-corrected chi connectivity index (χ0v) is 13.0. The van der Waals surface area contributed by atoms with Gasteiger partial charge in [0.1, 0.15) is 13.2 Å². The second-order valence-corrected chi connectivity index (χ2v) is 4.45. The fraction of sp³-hybridized carbons (Fsp3) is 0.786. The summed E-state index contributed by atoms with van der Waals surface area (Å²) in [4.78, 5) is 33.7. The standard InChI is InChI=1S/C14H25NO7/c1-19-8-2-3-9-22-14(18)4-5-15(6-10-20-12-16)7-11-21-13-17/h12-13H,2-11H2,1H3. The highest BCUT2D eigenvalue weighted by Crippen LogP contribution is 1.97. The van der Waals surface area contributed by atoms with Crippen molar-refractivity contribution in [1.82, 2.24) is 4.90 Å². The van der Waals surface area contributed by atoms with Gasteiger partial charge < -0.3 is 18.9 Å². The predicted molar refractivity (Wildman–Crippen MR) is 77.2 cm³/mol. The lowest BCUT2D eigenvalue weighted by Gasteiger charge is -2.20. The highest BCUT2D eigenvalue weighted by molar-refractivity contribution is 5.69. The first-order chi connectivity index (χ1) is 10.7. The fourth-order valence-electron chi connectivity index (χ4n) is 1.65. The maximum absolute atomic E-state index is 11.6. The molecule has 0 heterocycles. The summed E-state index contributed by atoms with van der Waals surface area (Å²) in [7, 11) is 1.63. The summed E-state index contributed by atoms with van der Waals surface area (Å²) in [5.41, 5.74) is 0. The summed E-state index contributed by atoms with van der Waals surface area (Å²) < 4.78 is 19.2. The van der Waals surface area contributed by atoms with Crippen molar-refractivity contribution in [2.45, 2.75) is 19.3 Å². The van der Waals surface area contributed by atoms with Crippen LogP contribution in [0.5, 0.6) is 0 Å². The number of nitrogens with zero attached hydrogens (tertiary/aromatic N) is 1. The van der Waals surface area contributed by atoms with E-state index in [-0.39, 0.29) is 25.6 Å². The van der Waals surface area contributed by atoms with Crippen LogP contribution in [0.4, 0.5) is 0 Å². The number of hydrogen-bond acceptors (Lipinski definition) is 8. The molecule has 0 amide bonds. The third-order valence-corrected chi connectivity index (χ3v) is 2.82. The number of ether oxygens (including phenoxy) is 4. The summed E-state index contributed by atoms with van der Waals surface area (Å²) in [6.07, 6.45) is 1.85. The van der Waals surface area contributed by atoms with Gasteiger partial charge in [-0.25, -0.2) is 0 Å². The van der Waals surface area contributed by atoms with Gasteiger partial charge in [0.05, 0.1) is 13.0 Å². The molecule has 0 spiro atoms. The normalized spacial score (nSPS) is 10.3. The first kappa shape index (κ1) is 20.3. The average molecular weight is 319 g/mol. The van der Waals surface area contributed by atoms with Gasteiger partial charge in [0.25, 0.3) is 12.9 Å². The first-order valence-corrected chi connectivity index (χ1v) is 7.22. The molecule has 0 unspecified atom stereocenters. The fourth-order valence-corrected chi connectivity index (χ4v) is 1.65.